The second kappa shape index (κ2) is 3.27. The van der Waals surface area contributed by atoms with Crippen LogP contribution in [-0.2, 0) is 0 Å². The average molecular weight is 232 g/mol. The number of rotatable bonds is 1. The third kappa shape index (κ3) is 1.31. The van der Waals surface area contributed by atoms with Gasteiger partial charge in [0, 0.05) is 5.92 Å². The van der Waals surface area contributed by atoms with E-state index < -0.39 is 0 Å². The molecule has 0 spiro atoms. The van der Waals surface area contributed by atoms with E-state index in [2.05, 4.69) is 5.16 Å². The maximum absolute atomic E-state index is 6.13. The van der Waals surface area contributed by atoms with Gasteiger partial charge in [0.05, 0.1) is 5.69 Å². The number of aromatic nitrogens is 1. The van der Waals surface area contributed by atoms with Gasteiger partial charge in [-0.15, -0.1) is 0 Å². The molecule has 4 aliphatic carbocycles. The number of hydrogen-bond donors (Lipinski definition) is 1. The van der Waals surface area contributed by atoms with Gasteiger partial charge in [-0.05, 0) is 62.7 Å². The van der Waals surface area contributed by atoms with Crippen LogP contribution in [0.15, 0.2) is 4.52 Å². The zero-order chi connectivity index (χ0) is 11.6. The highest BCUT2D eigenvalue weighted by Crippen LogP contribution is 2.60. The number of nitrogens with zero attached hydrogens (tertiary/aromatic N) is 1. The van der Waals surface area contributed by atoms with Gasteiger partial charge in [0.2, 0.25) is 0 Å². The molecule has 17 heavy (non-hydrogen) atoms. The minimum atomic E-state index is 0.573. The minimum absolute atomic E-state index is 0.573. The summed E-state index contributed by atoms with van der Waals surface area (Å²) in [5, 5.41) is 4.05. The topological polar surface area (TPSA) is 52.0 Å². The van der Waals surface area contributed by atoms with Gasteiger partial charge in [-0.3, -0.25) is 0 Å². The molecular weight excluding hydrogens is 212 g/mol. The van der Waals surface area contributed by atoms with Gasteiger partial charge >= 0.3 is 0 Å². The second-order valence-electron chi connectivity index (χ2n) is 6.50. The Morgan fingerprint density at radius 2 is 1.65 bits per heavy atom. The Hall–Kier alpha value is -0.990. The standard InChI is InChI=1S/C14H20N2O/c1-7-13(15)14(17-16-7)12-10-3-8-2-9(5-10)6-11(12)4-8/h8-12H,2-6,15H2,1H3. The van der Waals surface area contributed by atoms with Gasteiger partial charge in [0.1, 0.15) is 5.69 Å². The quantitative estimate of drug-likeness (QED) is 0.809. The van der Waals surface area contributed by atoms with Crippen LogP contribution in [0.5, 0.6) is 0 Å². The molecular formula is C14H20N2O. The van der Waals surface area contributed by atoms with Crippen molar-refractivity contribution in [1.82, 2.24) is 5.16 Å². The number of anilines is 1. The summed E-state index contributed by atoms with van der Waals surface area (Å²) in [5.74, 6) is 5.22. The molecule has 5 rings (SSSR count). The number of nitrogens with two attached hydrogens (primary N) is 1. The summed E-state index contributed by atoms with van der Waals surface area (Å²) in [6.07, 6.45) is 7.09. The first kappa shape index (κ1) is 9.98. The molecule has 0 radical (unpaired) electrons. The fourth-order valence-electron chi connectivity index (χ4n) is 4.99. The Kier molecular flexibility index (Phi) is 1.92. The molecule has 4 aliphatic rings. The van der Waals surface area contributed by atoms with Crippen LogP contribution in [0.2, 0.25) is 0 Å². The SMILES string of the molecule is Cc1noc(C2C3CC4CC(C3)CC2C4)c1N. The van der Waals surface area contributed by atoms with E-state index in [0.717, 1.165) is 40.8 Å². The normalized spacial score (nSPS) is 43.2. The van der Waals surface area contributed by atoms with Crippen molar-refractivity contribution in [2.75, 3.05) is 5.73 Å². The van der Waals surface area contributed by atoms with Crippen LogP contribution in [0.4, 0.5) is 5.69 Å². The van der Waals surface area contributed by atoms with Crippen molar-refractivity contribution < 1.29 is 4.52 Å². The van der Waals surface area contributed by atoms with E-state index in [1.165, 1.54) is 32.1 Å². The van der Waals surface area contributed by atoms with E-state index in [-0.39, 0.29) is 0 Å². The number of hydrogen-bond acceptors (Lipinski definition) is 3. The molecule has 0 atom stereocenters. The lowest BCUT2D eigenvalue weighted by Gasteiger charge is -2.53. The molecule has 0 aromatic carbocycles. The maximum Gasteiger partial charge on any atom is 0.163 e. The monoisotopic (exact) mass is 232 g/mol. The van der Waals surface area contributed by atoms with Crippen molar-refractivity contribution in [1.29, 1.82) is 0 Å². The van der Waals surface area contributed by atoms with E-state index in [0.29, 0.717) is 5.92 Å². The fraction of sp³-hybridized carbons (Fsp3) is 0.786. The Morgan fingerprint density at radius 3 is 2.12 bits per heavy atom. The lowest BCUT2D eigenvalue weighted by molar-refractivity contribution is -0.0110. The van der Waals surface area contributed by atoms with Gasteiger partial charge in [-0.1, -0.05) is 5.16 Å². The Bertz CT molecular complexity index is 423. The molecule has 1 aromatic rings. The molecule has 0 aliphatic heterocycles. The van der Waals surface area contributed by atoms with Gasteiger partial charge in [0.15, 0.2) is 5.76 Å². The van der Waals surface area contributed by atoms with Gasteiger partial charge in [-0.2, -0.15) is 0 Å². The molecule has 3 heteroatoms. The molecule has 4 saturated carbocycles. The van der Waals surface area contributed by atoms with E-state index >= 15 is 0 Å². The number of aryl methyl sites for hydroxylation is 1. The predicted molar refractivity (Wildman–Crippen MR) is 65.4 cm³/mol. The molecule has 0 saturated heterocycles. The summed E-state index contributed by atoms with van der Waals surface area (Å²) in [7, 11) is 0. The molecule has 1 aromatic heterocycles. The van der Waals surface area contributed by atoms with Crippen LogP contribution in [-0.4, -0.2) is 5.16 Å². The molecule has 92 valence electrons. The Balaban J connectivity index is 1.73. The zero-order valence-electron chi connectivity index (χ0n) is 10.4. The third-order valence-corrected chi connectivity index (χ3v) is 5.47. The van der Waals surface area contributed by atoms with Crippen molar-refractivity contribution in [2.24, 2.45) is 23.7 Å². The van der Waals surface area contributed by atoms with Crippen LogP contribution in [0.1, 0.15) is 49.5 Å². The van der Waals surface area contributed by atoms with Crippen LogP contribution in [0.25, 0.3) is 0 Å². The molecule has 4 fully saturated rings. The first-order valence-electron chi connectivity index (χ1n) is 6.94. The average Bonchev–Trinajstić information content (AvgIpc) is 2.60. The predicted octanol–water partition coefficient (Wildman–Crippen LogP) is 3.10. The van der Waals surface area contributed by atoms with E-state index in [9.17, 15) is 0 Å². The van der Waals surface area contributed by atoms with Crippen molar-refractivity contribution in [3.8, 4) is 0 Å². The van der Waals surface area contributed by atoms with Crippen molar-refractivity contribution >= 4 is 5.69 Å². The number of nitrogen functional groups attached to an aromatic ring is 1. The largest absolute Gasteiger partial charge is 0.394 e. The first-order valence-corrected chi connectivity index (χ1v) is 6.94. The van der Waals surface area contributed by atoms with Crippen molar-refractivity contribution in [3.63, 3.8) is 0 Å². The van der Waals surface area contributed by atoms with Crippen LogP contribution < -0.4 is 5.73 Å². The molecule has 1 heterocycles. The molecule has 4 bridgehead atoms. The van der Waals surface area contributed by atoms with Gasteiger partial charge in [0.25, 0.3) is 0 Å². The fourth-order valence-corrected chi connectivity index (χ4v) is 4.99. The second-order valence-corrected chi connectivity index (χ2v) is 6.50. The highest BCUT2D eigenvalue weighted by atomic mass is 16.5. The maximum atomic E-state index is 6.13. The molecule has 0 amide bonds. The van der Waals surface area contributed by atoms with E-state index in [1.54, 1.807) is 0 Å². The van der Waals surface area contributed by atoms with E-state index in [4.69, 9.17) is 10.3 Å². The summed E-state index contributed by atoms with van der Waals surface area (Å²) in [4.78, 5) is 0. The molecule has 2 N–H and O–H groups in total. The summed E-state index contributed by atoms with van der Waals surface area (Å²) in [6.45, 7) is 1.94. The summed E-state index contributed by atoms with van der Waals surface area (Å²) < 4.78 is 5.55. The summed E-state index contributed by atoms with van der Waals surface area (Å²) in [5.41, 5.74) is 7.82. The molecule has 0 unspecified atom stereocenters. The minimum Gasteiger partial charge on any atom is -0.394 e. The summed E-state index contributed by atoms with van der Waals surface area (Å²) in [6, 6.07) is 0. The van der Waals surface area contributed by atoms with Gasteiger partial charge in [-0.25, -0.2) is 0 Å². The summed E-state index contributed by atoms with van der Waals surface area (Å²) >= 11 is 0. The van der Waals surface area contributed by atoms with Crippen LogP contribution in [0, 0.1) is 30.6 Å². The van der Waals surface area contributed by atoms with Crippen molar-refractivity contribution in [2.45, 2.75) is 44.9 Å². The lowest BCUT2D eigenvalue weighted by Crippen LogP contribution is -2.43. The zero-order valence-corrected chi connectivity index (χ0v) is 10.4. The van der Waals surface area contributed by atoms with Gasteiger partial charge < -0.3 is 10.3 Å². The highest BCUT2D eigenvalue weighted by Gasteiger charge is 2.50. The Morgan fingerprint density at radius 1 is 1.06 bits per heavy atom. The van der Waals surface area contributed by atoms with Crippen LogP contribution >= 0.6 is 0 Å². The third-order valence-electron chi connectivity index (χ3n) is 5.47. The van der Waals surface area contributed by atoms with E-state index in [1.807, 2.05) is 6.92 Å². The van der Waals surface area contributed by atoms with Crippen molar-refractivity contribution in [3.05, 3.63) is 11.5 Å². The highest BCUT2D eigenvalue weighted by molar-refractivity contribution is 5.47. The lowest BCUT2D eigenvalue weighted by atomic mass is 9.51. The smallest absolute Gasteiger partial charge is 0.163 e. The van der Waals surface area contributed by atoms with Crippen LogP contribution in [0.3, 0.4) is 0 Å². The molecule has 3 nitrogen and oxygen atoms in total. The first-order chi connectivity index (χ1) is 8.22. The Labute approximate surface area is 102 Å².